The molecule has 3 atom stereocenters. The van der Waals surface area contributed by atoms with E-state index in [9.17, 15) is 24.2 Å². The zero-order valence-corrected chi connectivity index (χ0v) is 34.2. The van der Waals surface area contributed by atoms with Crippen LogP contribution in [0.5, 0.6) is 0 Å². The van der Waals surface area contributed by atoms with Crippen LogP contribution < -0.4 is 0 Å². The number of phosphoric acid groups is 1. The quantitative estimate of drug-likeness (QED) is 0.0238. The molecule has 0 bridgehead atoms. The van der Waals surface area contributed by atoms with E-state index in [2.05, 4.69) is 30.5 Å². The number of aliphatic hydroxyl groups excluding tert-OH is 2. The molecule has 0 aromatic carbocycles. The van der Waals surface area contributed by atoms with Gasteiger partial charge in [0.25, 0.3) is 0 Å². The fourth-order valence-corrected chi connectivity index (χ4v) is 6.66. The molecule has 0 aliphatic heterocycles. The summed E-state index contributed by atoms with van der Waals surface area (Å²) in [7, 11) is -4.61. The first kappa shape index (κ1) is 50.7. The van der Waals surface area contributed by atoms with Crippen molar-refractivity contribution in [3.8, 4) is 0 Å². The Kier molecular flexibility index (Phi) is 37.1. The van der Waals surface area contributed by atoms with Gasteiger partial charge in [-0.25, -0.2) is 4.57 Å². The van der Waals surface area contributed by atoms with Gasteiger partial charge in [0.05, 0.1) is 19.8 Å². The molecular formula is C41H79O10P. The Morgan fingerprint density at radius 2 is 0.942 bits per heavy atom. The van der Waals surface area contributed by atoms with Crippen LogP contribution in [0.4, 0.5) is 0 Å². The summed E-state index contributed by atoms with van der Waals surface area (Å²) >= 11 is 0. The average molecular weight is 763 g/mol. The van der Waals surface area contributed by atoms with Gasteiger partial charge in [0.2, 0.25) is 0 Å². The van der Waals surface area contributed by atoms with Crippen molar-refractivity contribution >= 4 is 19.8 Å². The highest BCUT2D eigenvalue weighted by atomic mass is 31.2. The minimum absolute atomic E-state index is 0.178. The van der Waals surface area contributed by atoms with Crippen molar-refractivity contribution in [1.29, 1.82) is 0 Å². The molecule has 0 rings (SSSR count). The van der Waals surface area contributed by atoms with Crippen LogP contribution in [0.25, 0.3) is 0 Å². The SMILES string of the molecule is CCCCC/C=C/CCCCCCCC(=O)O[C@@H](COC(=O)CCCCCCCCCCCCCCCCCCC)COP(=O)(O)OC[C@H](O)CO. The molecule has 3 N–H and O–H groups in total. The van der Waals surface area contributed by atoms with Crippen molar-refractivity contribution in [3.63, 3.8) is 0 Å². The number of esters is 2. The summed E-state index contributed by atoms with van der Waals surface area (Å²) < 4.78 is 32.6. The molecule has 0 saturated heterocycles. The van der Waals surface area contributed by atoms with Gasteiger partial charge in [-0.15, -0.1) is 0 Å². The standard InChI is InChI=1S/C41H79O10P/c1-3-5-7-9-11-13-15-17-18-19-20-21-23-24-26-28-30-32-40(44)48-36-39(37-50-52(46,47)49-35-38(43)34-42)51-41(45)33-31-29-27-25-22-16-14-12-10-8-6-4-2/h12,14,38-39,42-43H,3-11,13,15-37H2,1-2H3,(H,46,47)/b14-12+/t38-,39+/m1/s1. The van der Waals surface area contributed by atoms with E-state index in [0.717, 1.165) is 57.8 Å². The van der Waals surface area contributed by atoms with Gasteiger partial charge in [0, 0.05) is 12.8 Å². The smallest absolute Gasteiger partial charge is 0.462 e. The molecule has 10 nitrogen and oxygen atoms in total. The number of phosphoric ester groups is 1. The maximum atomic E-state index is 12.6. The third-order valence-corrected chi connectivity index (χ3v) is 10.1. The molecule has 0 heterocycles. The van der Waals surface area contributed by atoms with Crippen molar-refractivity contribution in [2.45, 2.75) is 212 Å². The molecule has 0 aliphatic carbocycles. The summed E-state index contributed by atoms with van der Waals surface area (Å²) in [4.78, 5) is 34.9. The molecule has 0 saturated carbocycles. The lowest BCUT2D eigenvalue weighted by atomic mass is 10.0. The summed E-state index contributed by atoms with van der Waals surface area (Å²) in [6, 6.07) is 0. The van der Waals surface area contributed by atoms with E-state index in [1.807, 2.05) is 0 Å². The summed E-state index contributed by atoms with van der Waals surface area (Å²) in [5, 5.41) is 18.3. The fraction of sp³-hybridized carbons (Fsp3) is 0.902. The number of hydrogen-bond acceptors (Lipinski definition) is 9. The number of ether oxygens (including phenoxy) is 2. The zero-order chi connectivity index (χ0) is 38.4. The van der Waals surface area contributed by atoms with Gasteiger partial charge in [-0.05, 0) is 38.5 Å². The minimum Gasteiger partial charge on any atom is -0.462 e. The normalized spacial score (nSPS) is 14.0. The Bertz CT molecular complexity index is 884. The van der Waals surface area contributed by atoms with E-state index in [1.54, 1.807) is 0 Å². The van der Waals surface area contributed by atoms with E-state index in [-0.39, 0.29) is 19.4 Å². The van der Waals surface area contributed by atoms with Gasteiger partial charge < -0.3 is 24.6 Å². The molecule has 0 fully saturated rings. The van der Waals surface area contributed by atoms with Gasteiger partial charge in [-0.2, -0.15) is 0 Å². The lowest BCUT2D eigenvalue weighted by molar-refractivity contribution is -0.161. The number of rotatable bonds is 40. The molecule has 0 aromatic rings. The van der Waals surface area contributed by atoms with Gasteiger partial charge in [0.15, 0.2) is 6.10 Å². The van der Waals surface area contributed by atoms with Gasteiger partial charge in [-0.3, -0.25) is 18.6 Å². The number of carbonyl (C=O) groups excluding carboxylic acids is 2. The zero-order valence-electron chi connectivity index (χ0n) is 33.3. The topological polar surface area (TPSA) is 149 Å². The van der Waals surface area contributed by atoms with E-state index >= 15 is 0 Å². The molecular weight excluding hydrogens is 683 g/mol. The lowest BCUT2D eigenvalue weighted by Crippen LogP contribution is -2.29. The Labute approximate surface area is 317 Å². The molecule has 0 radical (unpaired) electrons. The number of aliphatic hydroxyl groups is 2. The molecule has 52 heavy (non-hydrogen) atoms. The predicted molar refractivity (Wildman–Crippen MR) is 210 cm³/mol. The monoisotopic (exact) mass is 763 g/mol. The number of hydrogen-bond donors (Lipinski definition) is 3. The van der Waals surface area contributed by atoms with Crippen LogP contribution >= 0.6 is 7.82 Å². The highest BCUT2D eigenvalue weighted by Crippen LogP contribution is 2.43. The largest absolute Gasteiger partial charge is 0.472 e. The average Bonchev–Trinajstić information content (AvgIpc) is 3.13. The van der Waals surface area contributed by atoms with Crippen LogP contribution in [0.3, 0.4) is 0 Å². The Balaban J connectivity index is 4.25. The first-order chi connectivity index (χ1) is 25.2. The van der Waals surface area contributed by atoms with Crippen molar-refractivity contribution in [2.24, 2.45) is 0 Å². The molecule has 0 aliphatic rings. The van der Waals surface area contributed by atoms with Crippen LogP contribution in [0.15, 0.2) is 12.2 Å². The van der Waals surface area contributed by atoms with Gasteiger partial charge >= 0.3 is 19.8 Å². The molecule has 308 valence electrons. The van der Waals surface area contributed by atoms with Crippen LogP contribution in [-0.2, 0) is 32.7 Å². The van der Waals surface area contributed by atoms with Crippen LogP contribution in [-0.4, -0.2) is 65.7 Å². The second-order valence-electron chi connectivity index (χ2n) is 14.4. The molecule has 0 spiro atoms. The highest BCUT2D eigenvalue weighted by Gasteiger charge is 2.27. The van der Waals surface area contributed by atoms with Crippen molar-refractivity contribution < 1.29 is 47.8 Å². The summed E-state index contributed by atoms with van der Waals surface area (Å²) in [5.41, 5.74) is 0. The van der Waals surface area contributed by atoms with E-state index < -0.39 is 51.8 Å². The van der Waals surface area contributed by atoms with E-state index in [0.29, 0.717) is 12.8 Å². The van der Waals surface area contributed by atoms with Crippen molar-refractivity contribution in [3.05, 3.63) is 12.2 Å². The Hall–Kier alpha value is -1.29. The summed E-state index contributed by atoms with van der Waals surface area (Å²) in [5.74, 6) is -0.926. The fourth-order valence-electron chi connectivity index (χ4n) is 5.87. The molecule has 11 heteroatoms. The second kappa shape index (κ2) is 38.0. The van der Waals surface area contributed by atoms with Crippen molar-refractivity contribution in [1.82, 2.24) is 0 Å². The van der Waals surface area contributed by atoms with Gasteiger partial charge in [0.1, 0.15) is 12.7 Å². The van der Waals surface area contributed by atoms with E-state index in [4.69, 9.17) is 19.1 Å². The Morgan fingerprint density at radius 3 is 1.42 bits per heavy atom. The molecule has 1 unspecified atom stereocenters. The van der Waals surface area contributed by atoms with Crippen LogP contribution in [0.2, 0.25) is 0 Å². The molecule has 0 aromatic heterocycles. The summed E-state index contributed by atoms with van der Waals surface area (Å²) in [6.07, 6.45) is 34.6. The maximum absolute atomic E-state index is 12.6. The minimum atomic E-state index is -4.61. The number of allylic oxidation sites excluding steroid dienone is 2. The third-order valence-electron chi connectivity index (χ3n) is 9.17. The molecule has 0 amide bonds. The third kappa shape index (κ3) is 37.0. The van der Waals surface area contributed by atoms with Crippen LogP contribution in [0.1, 0.15) is 200 Å². The highest BCUT2D eigenvalue weighted by molar-refractivity contribution is 7.47. The second-order valence-corrected chi connectivity index (χ2v) is 15.8. The summed E-state index contributed by atoms with van der Waals surface area (Å²) in [6.45, 7) is 2.36. The van der Waals surface area contributed by atoms with Crippen LogP contribution in [0, 0.1) is 0 Å². The first-order valence-electron chi connectivity index (χ1n) is 21.1. The number of carbonyl (C=O) groups is 2. The predicted octanol–water partition coefficient (Wildman–Crippen LogP) is 10.8. The van der Waals surface area contributed by atoms with E-state index in [1.165, 1.54) is 103 Å². The number of unbranched alkanes of at least 4 members (excludes halogenated alkanes) is 24. The maximum Gasteiger partial charge on any atom is 0.472 e. The van der Waals surface area contributed by atoms with Gasteiger partial charge in [-0.1, -0.05) is 161 Å². The first-order valence-corrected chi connectivity index (χ1v) is 22.6. The van der Waals surface area contributed by atoms with Crippen molar-refractivity contribution in [2.75, 3.05) is 26.4 Å². The lowest BCUT2D eigenvalue weighted by Gasteiger charge is -2.20. The Morgan fingerprint density at radius 1 is 0.558 bits per heavy atom.